The van der Waals surface area contributed by atoms with Gasteiger partial charge in [-0.05, 0) is 16.7 Å². The molecule has 1 saturated heterocycles. The number of benzene rings is 3. The Labute approximate surface area is 165 Å². The molecule has 4 rings (SSSR count). The first-order valence-electron chi connectivity index (χ1n) is 9.45. The number of likely N-dealkylation sites (tertiary alicyclic amines) is 1. The molecular weight excluding hydrogens is 346 g/mol. The lowest BCUT2D eigenvalue weighted by Gasteiger charge is -2.57. The predicted molar refractivity (Wildman–Crippen MR) is 110 cm³/mol. The van der Waals surface area contributed by atoms with Crippen LogP contribution in [-0.2, 0) is 11.3 Å². The van der Waals surface area contributed by atoms with E-state index < -0.39 is 11.5 Å². The second kappa shape index (κ2) is 7.45. The zero-order chi connectivity index (χ0) is 19.6. The molecule has 3 atom stereocenters. The second-order valence-electron chi connectivity index (χ2n) is 7.18. The van der Waals surface area contributed by atoms with E-state index in [1.165, 1.54) is 0 Å². The molecule has 28 heavy (non-hydrogen) atoms. The smallest absolute Gasteiger partial charge is 0.238 e. The van der Waals surface area contributed by atoms with Gasteiger partial charge in [0.1, 0.15) is 5.41 Å². The van der Waals surface area contributed by atoms with Gasteiger partial charge in [-0.25, -0.2) is 0 Å². The lowest BCUT2D eigenvalue weighted by atomic mass is 9.62. The summed E-state index contributed by atoms with van der Waals surface area (Å²) >= 11 is 0. The number of carbonyl (C=O) groups is 1. The van der Waals surface area contributed by atoms with Crippen LogP contribution in [0.15, 0.2) is 104 Å². The van der Waals surface area contributed by atoms with Gasteiger partial charge in [-0.3, -0.25) is 4.79 Å². The van der Waals surface area contributed by atoms with E-state index in [4.69, 9.17) is 0 Å². The van der Waals surface area contributed by atoms with E-state index in [0.717, 1.165) is 16.7 Å². The monoisotopic (exact) mass is 369 g/mol. The van der Waals surface area contributed by atoms with Crippen LogP contribution in [0.1, 0.15) is 28.8 Å². The van der Waals surface area contributed by atoms with Crippen molar-refractivity contribution in [2.45, 2.75) is 18.7 Å². The maximum atomic E-state index is 13.4. The van der Waals surface area contributed by atoms with Crippen molar-refractivity contribution in [1.29, 1.82) is 0 Å². The van der Waals surface area contributed by atoms with Gasteiger partial charge in [0.2, 0.25) is 5.91 Å². The molecule has 1 N–H and O–H groups in total. The summed E-state index contributed by atoms with van der Waals surface area (Å²) in [5, 5.41) is 11.3. The van der Waals surface area contributed by atoms with Crippen LogP contribution in [0.3, 0.4) is 0 Å². The summed E-state index contributed by atoms with van der Waals surface area (Å²) in [6, 6.07) is 28.9. The highest BCUT2D eigenvalue weighted by molar-refractivity contribution is 5.93. The Morgan fingerprint density at radius 3 is 2.04 bits per heavy atom. The van der Waals surface area contributed by atoms with Gasteiger partial charge in [-0.15, -0.1) is 6.58 Å². The van der Waals surface area contributed by atoms with Gasteiger partial charge < -0.3 is 10.0 Å². The van der Waals surface area contributed by atoms with E-state index in [9.17, 15) is 9.90 Å². The Morgan fingerprint density at radius 2 is 1.46 bits per heavy atom. The largest absolute Gasteiger partial charge is 0.387 e. The Hall–Kier alpha value is -3.17. The number of β-lactam (4-membered cyclic amide) rings is 1. The minimum atomic E-state index is -1.09. The van der Waals surface area contributed by atoms with E-state index in [-0.39, 0.29) is 11.9 Å². The standard InChI is InChI=1S/C25H23NO2/c1-2-25(23(27)21-16-10-5-11-17-21)22(20-14-8-4-9-15-20)26(24(25)28)18-19-12-6-3-7-13-19/h2-17,22-23,27H,1,18H2/t22-,23+,25+/m1/s1. The third kappa shape index (κ3) is 2.85. The zero-order valence-corrected chi connectivity index (χ0v) is 15.6. The molecule has 1 amide bonds. The molecule has 0 aliphatic carbocycles. The quantitative estimate of drug-likeness (QED) is 0.506. The fraction of sp³-hybridized carbons (Fsp3) is 0.160. The molecule has 1 heterocycles. The molecule has 3 aromatic rings. The van der Waals surface area contributed by atoms with E-state index in [1.807, 2.05) is 95.9 Å². The molecule has 0 bridgehead atoms. The molecule has 0 saturated carbocycles. The number of nitrogens with zero attached hydrogens (tertiary/aromatic N) is 1. The minimum Gasteiger partial charge on any atom is -0.387 e. The molecule has 0 radical (unpaired) electrons. The van der Waals surface area contributed by atoms with Crippen LogP contribution in [0.4, 0.5) is 0 Å². The number of carbonyl (C=O) groups excluding carboxylic acids is 1. The number of hydrogen-bond donors (Lipinski definition) is 1. The Balaban J connectivity index is 1.77. The van der Waals surface area contributed by atoms with Crippen molar-refractivity contribution in [2.75, 3.05) is 0 Å². The van der Waals surface area contributed by atoms with Crippen LogP contribution < -0.4 is 0 Å². The normalized spacial score (nSPS) is 22.4. The van der Waals surface area contributed by atoms with Crippen LogP contribution in [0.25, 0.3) is 0 Å². The molecular formula is C25H23NO2. The fourth-order valence-electron chi connectivity index (χ4n) is 4.20. The lowest BCUT2D eigenvalue weighted by molar-refractivity contribution is -0.182. The molecule has 3 aromatic carbocycles. The Morgan fingerprint density at radius 1 is 0.929 bits per heavy atom. The Bertz CT molecular complexity index is 956. The molecule has 1 fully saturated rings. The van der Waals surface area contributed by atoms with Crippen molar-refractivity contribution in [3.05, 3.63) is 120 Å². The summed E-state index contributed by atoms with van der Waals surface area (Å²) in [5.74, 6) is -0.100. The second-order valence-corrected chi connectivity index (χ2v) is 7.18. The highest BCUT2D eigenvalue weighted by Gasteiger charge is 2.63. The van der Waals surface area contributed by atoms with Crippen molar-refractivity contribution in [2.24, 2.45) is 5.41 Å². The molecule has 1 aliphatic rings. The summed E-state index contributed by atoms with van der Waals surface area (Å²) in [7, 11) is 0. The minimum absolute atomic E-state index is 0.100. The predicted octanol–water partition coefficient (Wildman–Crippen LogP) is 4.68. The molecule has 0 spiro atoms. The van der Waals surface area contributed by atoms with Crippen molar-refractivity contribution < 1.29 is 9.90 Å². The summed E-state index contributed by atoms with van der Waals surface area (Å²) < 4.78 is 0. The number of aliphatic hydroxyl groups excluding tert-OH is 1. The van der Waals surface area contributed by atoms with Gasteiger partial charge in [0.25, 0.3) is 0 Å². The van der Waals surface area contributed by atoms with E-state index in [1.54, 1.807) is 6.08 Å². The highest BCUT2D eigenvalue weighted by Crippen LogP contribution is 2.58. The molecule has 3 nitrogen and oxygen atoms in total. The number of amides is 1. The molecule has 140 valence electrons. The summed E-state index contributed by atoms with van der Waals surface area (Å²) in [5.41, 5.74) is 1.69. The first kappa shape index (κ1) is 18.2. The first-order chi connectivity index (χ1) is 13.7. The van der Waals surface area contributed by atoms with Gasteiger partial charge in [0.05, 0.1) is 12.1 Å². The number of rotatable bonds is 6. The van der Waals surface area contributed by atoms with Crippen LogP contribution >= 0.6 is 0 Å². The van der Waals surface area contributed by atoms with Crippen molar-refractivity contribution in [1.82, 2.24) is 4.90 Å². The van der Waals surface area contributed by atoms with Gasteiger partial charge in [0.15, 0.2) is 0 Å². The summed E-state index contributed by atoms with van der Waals surface area (Å²) in [6.07, 6.45) is 0.669. The molecule has 1 aliphatic heterocycles. The Kier molecular flexibility index (Phi) is 4.84. The third-order valence-electron chi connectivity index (χ3n) is 5.61. The first-order valence-corrected chi connectivity index (χ1v) is 9.45. The van der Waals surface area contributed by atoms with Crippen LogP contribution in [-0.4, -0.2) is 15.9 Å². The lowest BCUT2D eigenvalue weighted by Crippen LogP contribution is -2.64. The van der Waals surface area contributed by atoms with Gasteiger partial charge in [-0.1, -0.05) is 97.1 Å². The van der Waals surface area contributed by atoms with Gasteiger partial charge >= 0.3 is 0 Å². The number of hydrogen-bond acceptors (Lipinski definition) is 2. The summed E-state index contributed by atoms with van der Waals surface area (Å²) in [4.78, 5) is 15.2. The van der Waals surface area contributed by atoms with Crippen LogP contribution in [0, 0.1) is 5.41 Å². The number of aliphatic hydroxyl groups is 1. The maximum Gasteiger partial charge on any atom is 0.238 e. The molecule has 3 heteroatoms. The van der Waals surface area contributed by atoms with E-state index >= 15 is 0 Å². The van der Waals surface area contributed by atoms with E-state index in [2.05, 4.69) is 6.58 Å². The van der Waals surface area contributed by atoms with Crippen molar-refractivity contribution in [3.63, 3.8) is 0 Å². The topological polar surface area (TPSA) is 40.5 Å². The average Bonchev–Trinajstić information content (AvgIpc) is 2.77. The maximum absolute atomic E-state index is 13.4. The van der Waals surface area contributed by atoms with E-state index in [0.29, 0.717) is 6.54 Å². The van der Waals surface area contributed by atoms with Crippen LogP contribution in [0.2, 0.25) is 0 Å². The fourth-order valence-corrected chi connectivity index (χ4v) is 4.20. The third-order valence-corrected chi connectivity index (χ3v) is 5.61. The summed E-state index contributed by atoms with van der Waals surface area (Å²) in [6.45, 7) is 4.46. The van der Waals surface area contributed by atoms with Crippen molar-refractivity contribution in [3.8, 4) is 0 Å². The van der Waals surface area contributed by atoms with Crippen LogP contribution in [0.5, 0.6) is 0 Å². The van der Waals surface area contributed by atoms with Crippen molar-refractivity contribution >= 4 is 5.91 Å². The zero-order valence-electron chi connectivity index (χ0n) is 15.6. The molecule has 0 aromatic heterocycles. The van der Waals surface area contributed by atoms with Gasteiger partial charge in [-0.2, -0.15) is 0 Å². The highest BCUT2D eigenvalue weighted by atomic mass is 16.3. The molecule has 0 unspecified atom stereocenters. The average molecular weight is 369 g/mol. The van der Waals surface area contributed by atoms with Gasteiger partial charge in [0, 0.05) is 6.54 Å². The SMILES string of the molecule is C=C[C@]1([C@@H](O)c2ccccc2)C(=O)N(Cc2ccccc2)[C@@H]1c1ccccc1.